The first-order valence-corrected chi connectivity index (χ1v) is 7.88. The van der Waals surface area contributed by atoms with E-state index in [9.17, 15) is 4.79 Å². The Morgan fingerprint density at radius 3 is 2.86 bits per heavy atom. The predicted octanol–water partition coefficient (Wildman–Crippen LogP) is 1.69. The SMILES string of the molecule is CN(C)C1(CNC(=O)c2cnc3nsnc3c2)CCCC1. The molecule has 2 aromatic heterocycles. The lowest BCUT2D eigenvalue weighted by atomic mass is 9.96. The standard InChI is InChI=1S/C14H19N5OS/c1-19(2)14(5-3-4-6-14)9-16-13(20)10-7-11-12(15-8-10)18-21-17-11/h7-8H,3-6,9H2,1-2H3,(H,16,20). The Morgan fingerprint density at radius 2 is 2.14 bits per heavy atom. The van der Waals surface area contributed by atoms with Gasteiger partial charge in [-0.25, -0.2) is 4.98 Å². The monoisotopic (exact) mass is 305 g/mol. The van der Waals surface area contributed by atoms with Gasteiger partial charge < -0.3 is 10.2 Å². The molecule has 0 bridgehead atoms. The minimum atomic E-state index is -0.0921. The maximum atomic E-state index is 12.3. The summed E-state index contributed by atoms with van der Waals surface area (Å²) >= 11 is 1.11. The largest absolute Gasteiger partial charge is 0.350 e. The minimum Gasteiger partial charge on any atom is -0.350 e. The summed E-state index contributed by atoms with van der Waals surface area (Å²) in [6.45, 7) is 0.673. The van der Waals surface area contributed by atoms with Crippen molar-refractivity contribution in [1.29, 1.82) is 0 Å². The van der Waals surface area contributed by atoms with Crippen molar-refractivity contribution in [1.82, 2.24) is 23.9 Å². The second-order valence-corrected chi connectivity index (χ2v) is 6.37. The van der Waals surface area contributed by atoms with Crippen LogP contribution in [0.1, 0.15) is 36.0 Å². The van der Waals surface area contributed by atoms with Gasteiger partial charge in [0.15, 0.2) is 5.65 Å². The maximum Gasteiger partial charge on any atom is 0.252 e. The van der Waals surface area contributed by atoms with E-state index in [0.717, 1.165) is 24.6 Å². The number of hydrogen-bond acceptors (Lipinski definition) is 6. The van der Waals surface area contributed by atoms with Crippen LogP contribution in [0.15, 0.2) is 12.3 Å². The van der Waals surface area contributed by atoms with Crippen LogP contribution in [-0.4, -0.2) is 50.7 Å². The fourth-order valence-electron chi connectivity index (χ4n) is 2.97. The van der Waals surface area contributed by atoms with Gasteiger partial charge >= 0.3 is 0 Å². The van der Waals surface area contributed by atoms with Crippen molar-refractivity contribution in [2.45, 2.75) is 31.2 Å². The maximum absolute atomic E-state index is 12.3. The first-order valence-electron chi connectivity index (χ1n) is 7.15. The van der Waals surface area contributed by atoms with Gasteiger partial charge in [-0.05, 0) is 33.0 Å². The number of pyridine rings is 1. The van der Waals surface area contributed by atoms with Gasteiger partial charge in [0.1, 0.15) is 5.52 Å². The summed E-state index contributed by atoms with van der Waals surface area (Å²) < 4.78 is 8.16. The number of rotatable bonds is 4. The summed E-state index contributed by atoms with van der Waals surface area (Å²) in [5.41, 5.74) is 1.91. The van der Waals surface area contributed by atoms with Crippen molar-refractivity contribution in [2.24, 2.45) is 0 Å². The summed E-state index contributed by atoms with van der Waals surface area (Å²) in [6.07, 6.45) is 6.29. The van der Waals surface area contributed by atoms with Crippen molar-refractivity contribution >= 4 is 28.8 Å². The lowest BCUT2D eigenvalue weighted by molar-refractivity contribution is 0.0900. The first-order chi connectivity index (χ1) is 10.1. The molecule has 7 heteroatoms. The molecular formula is C14H19N5OS. The molecule has 0 atom stereocenters. The number of likely N-dealkylation sites (N-methyl/N-ethyl adjacent to an activating group) is 1. The molecule has 1 N–H and O–H groups in total. The second-order valence-electron chi connectivity index (χ2n) is 5.84. The number of carbonyl (C=O) groups excluding carboxylic acids is 1. The number of amides is 1. The molecule has 112 valence electrons. The fraction of sp³-hybridized carbons (Fsp3) is 0.571. The fourth-order valence-corrected chi connectivity index (χ4v) is 3.45. The molecule has 1 aliphatic carbocycles. The Bertz CT molecular complexity index is 648. The van der Waals surface area contributed by atoms with Gasteiger partial charge in [0.2, 0.25) is 0 Å². The van der Waals surface area contributed by atoms with Crippen molar-refractivity contribution in [3.05, 3.63) is 17.8 Å². The third-order valence-electron chi connectivity index (χ3n) is 4.44. The third kappa shape index (κ3) is 2.75. The average Bonchev–Trinajstić information content (AvgIpc) is 3.13. The van der Waals surface area contributed by atoms with E-state index < -0.39 is 0 Å². The summed E-state index contributed by atoms with van der Waals surface area (Å²) in [5, 5.41) is 3.05. The van der Waals surface area contributed by atoms with Crippen LogP contribution in [-0.2, 0) is 0 Å². The molecule has 0 saturated heterocycles. The van der Waals surface area contributed by atoms with Crippen molar-refractivity contribution < 1.29 is 4.79 Å². The molecule has 1 saturated carbocycles. The molecule has 0 radical (unpaired) electrons. The van der Waals surface area contributed by atoms with Crippen molar-refractivity contribution in [3.8, 4) is 0 Å². The molecular weight excluding hydrogens is 286 g/mol. The topological polar surface area (TPSA) is 71.0 Å². The minimum absolute atomic E-state index is 0.0921. The van der Waals surface area contributed by atoms with Crippen molar-refractivity contribution in [3.63, 3.8) is 0 Å². The van der Waals surface area contributed by atoms with E-state index >= 15 is 0 Å². The van der Waals surface area contributed by atoms with Crippen LogP contribution in [0.3, 0.4) is 0 Å². The summed E-state index contributed by atoms with van der Waals surface area (Å²) in [7, 11) is 4.18. The van der Waals surface area contributed by atoms with Gasteiger partial charge in [-0.2, -0.15) is 8.75 Å². The highest BCUT2D eigenvalue weighted by molar-refractivity contribution is 7.00. The zero-order valence-corrected chi connectivity index (χ0v) is 13.1. The average molecular weight is 305 g/mol. The molecule has 2 heterocycles. The molecule has 1 amide bonds. The zero-order valence-electron chi connectivity index (χ0n) is 12.3. The number of aromatic nitrogens is 3. The Hall–Kier alpha value is -1.60. The van der Waals surface area contributed by atoms with E-state index in [0.29, 0.717) is 23.3 Å². The zero-order chi connectivity index (χ0) is 14.9. The number of nitrogens with zero attached hydrogens (tertiary/aromatic N) is 4. The lowest BCUT2D eigenvalue weighted by Gasteiger charge is -2.36. The van der Waals surface area contributed by atoms with E-state index in [4.69, 9.17) is 0 Å². The van der Waals surface area contributed by atoms with Gasteiger partial charge in [-0.15, -0.1) is 0 Å². The Balaban J connectivity index is 1.70. The molecule has 6 nitrogen and oxygen atoms in total. The summed E-state index contributed by atoms with van der Waals surface area (Å²) in [4.78, 5) is 18.7. The third-order valence-corrected chi connectivity index (χ3v) is 4.97. The highest BCUT2D eigenvalue weighted by Crippen LogP contribution is 2.33. The lowest BCUT2D eigenvalue weighted by Crippen LogP contribution is -2.50. The predicted molar refractivity (Wildman–Crippen MR) is 82.4 cm³/mol. The van der Waals surface area contributed by atoms with Gasteiger partial charge in [0.25, 0.3) is 5.91 Å². The number of hydrogen-bond donors (Lipinski definition) is 1. The number of nitrogens with one attached hydrogen (secondary N) is 1. The number of carbonyl (C=O) groups is 1. The van der Waals surface area contributed by atoms with E-state index in [-0.39, 0.29) is 11.4 Å². The first kappa shape index (κ1) is 14.3. The molecule has 0 aliphatic heterocycles. The van der Waals surface area contributed by atoms with E-state index in [1.165, 1.54) is 12.8 Å². The van der Waals surface area contributed by atoms with Gasteiger partial charge in [0, 0.05) is 18.3 Å². The summed E-state index contributed by atoms with van der Waals surface area (Å²) in [6, 6.07) is 1.75. The molecule has 21 heavy (non-hydrogen) atoms. The van der Waals surface area contributed by atoms with Crippen LogP contribution in [0.5, 0.6) is 0 Å². The molecule has 0 aromatic carbocycles. The van der Waals surface area contributed by atoms with Crippen LogP contribution < -0.4 is 5.32 Å². The van der Waals surface area contributed by atoms with E-state index in [1.807, 2.05) is 0 Å². The quantitative estimate of drug-likeness (QED) is 0.931. The second kappa shape index (κ2) is 5.65. The van der Waals surface area contributed by atoms with Crippen LogP contribution >= 0.6 is 11.7 Å². The molecule has 0 spiro atoms. The van der Waals surface area contributed by atoms with Gasteiger partial charge in [-0.3, -0.25) is 4.79 Å². The van der Waals surface area contributed by atoms with E-state index in [2.05, 4.69) is 38.0 Å². The van der Waals surface area contributed by atoms with Crippen LogP contribution in [0.2, 0.25) is 0 Å². The molecule has 2 aromatic rings. The smallest absolute Gasteiger partial charge is 0.252 e. The Morgan fingerprint density at radius 1 is 1.38 bits per heavy atom. The highest BCUT2D eigenvalue weighted by Gasteiger charge is 2.36. The summed E-state index contributed by atoms with van der Waals surface area (Å²) in [5.74, 6) is -0.0921. The van der Waals surface area contributed by atoms with E-state index in [1.54, 1.807) is 12.3 Å². The number of fused-ring (bicyclic) bond motifs is 1. The molecule has 0 unspecified atom stereocenters. The highest BCUT2D eigenvalue weighted by atomic mass is 32.1. The van der Waals surface area contributed by atoms with Crippen LogP contribution in [0, 0.1) is 0 Å². The molecule has 3 rings (SSSR count). The Kier molecular flexibility index (Phi) is 3.86. The van der Waals surface area contributed by atoms with Crippen LogP contribution in [0.4, 0.5) is 0 Å². The van der Waals surface area contributed by atoms with Gasteiger partial charge in [-0.1, -0.05) is 12.8 Å². The van der Waals surface area contributed by atoms with Crippen LogP contribution in [0.25, 0.3) is 11.2 Å². The van der Waals surface area contributed by atoms with Gasteiger partial charge in [0.05, 0.1) is 17.3 Å². The normalized spacial score (nSPS) is 17.5. The molecule has 1 aliphatic rings. The molecule has 1 fully saturated rings. The Labute approximate surface area is 127 Å². The van der Waals surface area contributed by atoms with Crippen molar-refractivity contribution in [2.75, 3.05) is 20.6 Å².